The smallest absolute Gasteiger partial charge is 0.0655 e. The quantitative estimate of drug-likeness (QED) is 0.623. The molecule has 2 heteroatoms. The zero-order valence-corrected chi connectivity index (χ0v) is 7.66. The number of aryl methyl sites for hydroxylation is 1. The third-order valence-electron chi connectivity index (χ3n) is 2.76. The Morgan fingerprint density at radius 2 is 2.08 bits per heavy atom. The van der Waals surface area contributed by atoms with Gasteiger partial charge < -0.3 is 0 Å². The molecule has 0 N–H and O–H groups in total. The first kappa shape index (κ1) is 7.84. The summed E-state index contributed by atoms with van der Waals surface area (Å²) in [5.74, 6) is 0.750. The normalized spacial score (nSPS) is 19.8. The maximum Gasteiger partial charge on any atom is 0.0655 e. The summed E-state index contributed by atoms with van der Waals surface area (Å²) in [6.45, 7) is 0. The molecule has 0 unspecified atom stereocenters. The Kier molecular flexibility index (Phi) is 2.15. The Morgan fingerprint density at radius 3 is 2.67 bits per heavy atom. The van der Waals surface area contributed by atoms with Crippen LogP contribution in [0.2, 0.25) is 0 Å². The van der Waals surface area contributed by atoms with E-state index in [1.165, 1.54) is 37.8 Å². The lowest BCUT2D eigenvalue weighted by Gasteiger charge is -2.19. The molecular weight excluding hydrogens is 148 g/mol. The van der Waals surface area contributed by atoms with Crippen LogP contribution in [-0.4, -0.2) is 9.78 Å². The molecule has 0 radical (unpaired) electrons. The van der Waals surface area contributed by atoms with E-state index in [1.54, 1.807) is 0 Å². The monoisotopic (exact) mass is 164 g/mol. The number of rotatable bonds is 1. The van der Waals surface area contributed by atoms with E-state index >= 15 is 0 Å². The van der Waals surface area contributed by atoms with Gasteiger partial charge >= 0.3 is 0 Å². The van der Waals surface area contributed by atoms with Gasteiger partial charge in [-0.2, -0.15) is 5.10 Å². The van der Waals surface area contributed by atoms with Crippen molar-refractivity contribution >= 4 is 0 Å². The second kappa shape index (κ2) is 3.30. The third kappa shape index (κ3) is 1.52. The van der Waals surface area contributed by atoms with Crippen LogP contribution in [0.1, 0.15) is 43.7 Å². The molecule has 1 aromatic heterocycles. The van der Waals surface area contributed by atoms with Crippen LogP contribution in [-0.2, 0) is 7.05 Å². The van der Waals surface area contributed by atoms with Crippen molar-refractivity contribution in [3.63, 3.8) is 0 Å². The van der Waals surface area contributed by atoms with Gasteiger partial charge in [0.15, 0.2) is 0 Å². The number of hydrogen-bond donors (Lipinski definition) is 0. The fourth-order valence-electron chi connectivity index (χ4n) is 2.05. The van der Waals surface area contributed by atoms with Gasteiger partial charge in [-0.15, -0.1) is 0 Å². The SMILES string of the molecule is Cn1ccc(C2CCCCC2)n1. The summed E-state index contributed by atoms with van der Waals surface area (Å²) in [6, 6.07) is 2.16. The van der Waals surface area contributed by atoms with E-state index in [2.05, 4.69) is 11.2 Å². The predicted molar refractivity (Wildman–Crippen MR) is 49.0 cm³/mol. The van der Waals surface area contributed by atoms with E-state index in [-0.39, 0.29) is 0 Å². The molecule has 1 saturated carbocycles. The van der Waals surface area contributed by atoms with E-state index in [0.717, 1.165) is 5.92 Å². The van der Waals surface area contributed by atoms with Gasteiger partial charge in [0, 0.05) is 19.2 Å². The minimum absolute atomic E-state index is 0.750. The molecule has 0 aliphatic heterocycles. The van der Waals surface area contributed by atoms with Crippen molar-refractivity contribution < 1.29 is 0 Å². The molecule has 12 heavy (non-hydrogen) atoms. The highest BCUT2D eigenvalue weighted by molar-refractivity contribution is 5.06. The van der Waals surface area contributed by atoms with Gasteiger partial charge in [0.1, 0.15) is 0 Å². The number of nitrogens with zero attached hydrogens (tertiary/aromatic N) is 2. The Bertz CT molecular complexity index is 246. The Labute approximate surface area is 73.6 Å². The van der Waals surface area contributed by atoms with Crippen molar-refractivity contribution in [1.82, 2.24) is 9.78 Å². The molecule has 1 heterocycles. The summed E-state index contributed by atoms with van der Waals surface area (Å²) >= 11 is 0. The van der Waals surface area contributed by atoms with Gasteiger partial charge in [0.25, 0.3) is 0 Å². The van der Waals surface area contributed by atoms with Gasteiger partial charge in [-0.25, -0.2) is 0 Å². The number of hydrogen-bond acceptors (Lipinski definition) is 1. The Hall–Kier alpha value is -0.790. The summed E-state index contributed by atoms with van der Waals surface area (Å²) in [5.41, 5.74) is 1.30. The van der Waals surface area contributed by atoms with E-state index in [1.807, 2.05) is 17.9 Å². The van der Waals surface area contributed by atoms with Crippen LogP contribution in [0.25, 0.3) is 0 Å². The van der Waals surface area contributed by atoms with Crippen LogP contribution in [0.4, 0.5) is 0 Å². The van der Waals surface area contributed by atoms with Gasteiger partial charge in [-0.3, -0.25) is 4.68 Å². The fraction of sp³-hybridized carbons (Fsp3) is 0.700. The van der Waals surface area contributed by atoms with E-state index in [9.17, 15) is 0 Å². The summed E-state index contributed by atoms with van der Waals surface area (Å²) in [7, 11) is 1.99. The zero-order chi connectivity index (χ0) is 8.39. The van der Waals surface area contributed by atoms with E-state index in [0.29, 0.717) is 0 Å². The molecule has 0 bridgehead atoms. The molecule has 1 fully saturated rings. The van der Waals surface area contributed by atoms with Crippen LogP contribution >= 0.6 is 0 Å². The highest BCUT2D eigenvalue weighted by Gasteiger charge is 2.16. The lowest BCUT2D eigenvalue weighted by atomic mass is 9.87. The number of aromatic nitrogens is 2. The second-order valence-electron chi connectivity index (χ2n) is 3.75. The minimum atomic E-state index is 0.750. The molecule has 0 aromatic carbocycles. The van der Waals surface area contributed by atoms with Crippen molar-refractivity contribution in [2.45, 2.75) is 38.0 Å². The molecular formula is C10H16N2. The maximum atomic E-state index is 4.45. The van der Waals surface area contributed by atoms with Gasteiger partial charge in [-0.1, -0.05) is 19.3 Å². The molecule has 2 rings (SSSR count). The van der Waals surface area contributed by atoms with Gasteiger partial charge in [-0.05, 0) is 18.9 Å². The lowest BCUT2D eigenvalue weighted by Crippen LogP contribution is -2.05. The Balaban J connectivity index is 2.08. The Morgan fingerprint density at radius 1 is 1.33 bits per heavy atom. The lowest BCUT2D eigenvalue weighted by molar-refractivity contribution is 0.433. The molecule has 0 amide bonds. The van der Waals surface area contributed by atoms with Crippen LogP contribution in [0.5, 0.6) is 0 Å². The first-order chi connectivity index (χ1) is 5.86. The minimum Gasteiger partial charge on any atom is -0.276 e. The highest BCUT2D eigenvalue weighted by Crippen LogP contribution is 2.31. The molecule has 1 aliphatic carbocycles. The van der Waals surface area contributed by atoms with E-state index in [4.69, 9.17) is 0 Å². The summed E-state index contributed by atoms with van der Waals surface area (Å²) in [6.07, 6.45) is 8.93. The highest BCUT2D eigenvalue weighted by atomic mass is 15.2. The average molecular weight is 164 g/mol. The summed E-state index contributed by atoms with van der Waals surface area (Å²) in [5, 5.41) is 4.45. The molecule has 66 valence electrons. The zero-order valence-electron chi connectivity index (χ0n) is 7.66. The van der Waals surface area contributed by atoms with Gasteiger partial charge in [0.2, 0.25) is 0 Å². The van der Waals surface area contributed by atoms with Crippen molar-refractivity contribution in [1.29, 1.82) is 0 Å². The van der Waals surface area contributed by atoms with Crippen LogP contribution < -0.4 is 0 Å². The van der Waals surface area contributed by atoms with E-state index < -0.39 is 0 Å². The summed E-state index contributed by atoms with van der Waals surface area (Å²) < 4.78 is 1.91. The standard InChI is InChI=1S/C10H16N2/c1-12-8-7-10(11-12)9-5-3-2-4-6-9/h7-9H,2-6H2,1H3. The van der Waals surface area contributed by atoms with Crippen LogP contribution in [0.3, 0.4) is 0 Å². The molecule has 1 aromatic rings. The fourth-order valence-corrected chi connectivity index (χ4v) is 2.05. The summed E-state index contributed by atoms with van der Waals surface area (Å²) in [4.78, 5) is 0. The predicted octanol–water partition coefficient (Wildman–Crippen LogP) is 2.47. The van der Waals surface area contributed by atoms with Gasteiger partial charge in [0.05, 0.1) is 5.69 Å². The van der Waals surface area contributed by atoms with Crippen molar-refractivity contribution in [3.8, 4) is 0 Å². The van der Waals surface area contributed by atoms with Crippen LogP contribution in [0.15, 0.2) is 12.3 Å². The topological polar surface area (TPSA) is 17.8 Å². The first-order valence-electron chi connectivity index (χ1n) is 4.86. The molecule has 1 aliphatic rings. The maximum absolute atomic E-state index is 4.45. The van der Waals surface area contributed by atoms with Crippen molar-refractivity contribution in [2.24, 2.45) is 7.05 Å². The molecule has 2 nitrogen and oxygen atoms in total. The molecule has 0 atom stereocenters. The first-order valence-corrected chi connectivity index (χ1v) is 4.86. The van der Waals surface area contributed by atoms with Crippen LogP contribution in [0, 0.1) is 0 Å². The molecule has 0 spiro atoms. The third-order valence-corrected chi connectivity index (χ3v) is 2.76. The second-order valence-corrected chi connectivity index (χ2v) is 3.75. The average Bonchev–Trinajstić information content (AvgIpc) is 2.54. The molecule has 0 saturated heterocycles. The largest absolute Gasteiger partial charge is 0.276 e. The van der Waals surface area contributed by atoms with Crippen molar-refractivity contribution in [3.05, 3.63) is 18.0 Å². The van der Waals surface area contributed by atoms with Crippen molar-refractivity contribution in [2.75, 3.05) is 0 Å².